The highest BCUT2D eigenvalue weighted by atomic mass is 32.1. The summed E-state index contributed by atoms with van der Waals surface area (Å²) in [6.07, 6.45) is 0.804. The fourth-order valence-electron chi connectivity index (χ4n) is 1.17. The summed E-state index contributed by atoms with van der Waals surface area (Å²) in [6, 6.07) is 0. The van der Waals surface area contributed by atoms with Crippen LogP contribution in [-0.4, -0.2) is 23.3 Å². The molecule has 0 saturated heterocycles. The van der Waals surface area contributed by atoms with Gasteiger partial charge >= 0.3 is 0 Å². The van der Waals surface area contributed by atoms with Crippen LogP contribution in [0.1, 0.15) is 28.2 Å². The van der Waals surface area contributed by atoms with Crippen LogP contribution in [0.25, 0.3) is 0 Å². The maximum atomic E-state index is 11.6. The van der Waals surface area contributed by atoms with Crippen molar-refractivity contribution in [2.24, 2.45) is 5.73 Å². The number of carbonyl (C=O) groups is 2. The van der Waals surface area contributed by atoms with E-state index in [1.807, 2.05) is 0 Å². The van der Waals surface area contributed by atoms with Crippen LogP contribution in [0.15, 0.2) is 0 Å². The minimum atomic E-state index is -0.368. The zero-order valence-corrected chi connectivity index (χ0v) is 9.76. The maximum Gasteiger partial charge on any atom is 0.263 e. The van der Waals surface area contributed by atoms with Crippen LogP contribution >= 0.6 is 11.3 Å². The van der Waals surface area contributed by atoms with Gasteiger partial charge in [-0.2, -0.15) is 0 Å². The number of aryl methyl sites for hydroxylation is 1. The van der Waals surface area contributed by atoms with Crippen LogP contribution in [0.2, 0.25) is 0 Å². The Balaban J connectivity index is 2.41. The Morgan fingerprint density at radius 3 is 2.69 bits per heavy atom. The minimum Gasteiger partial charge on any atom is -0.375 e. The monoisotopic (exact) mass is 242 g/mol. The lowest BCUT2D eigenvalue weighted by atomic mass is 10.3. The molecule has 88 valence electrons. The van der Waals surface area contributed by atoms with Crippen LogP contribution < -0.4 is 16.8 Å². The number of aromatic nitrogens is 1. The summed E-state index contributed by atoms with van der Waals surface area (Å²) < 4.78 is 0. The Bertz CT molecular complexity index is 402. The van der Waals surface area contributed by atoms with E-state index in [4.69, 9.17) is 11.5 Å². The fraction of sp³-hybridized carbons (Fsp3) is 0.444. The van der Waals surface area contributed by atoms with Crippen LogP contribution in [0, 0.1) is 6.92 Å². The highest BCUT2D eigenvalue weighted by Crippen LogP contribution is 2.19. The van der Waals surface area contributed by atoms with Gasteiger partial charge in [-0.25, -0.2) is 4.98 Å². The average molecular weight is 242 g/mol. The quantitative estimate of drug-likeness (QED) is 0.632. The van der Waals surface area contributed by atoms with Crippen molar-refractivity contribution >= 4 is 28.3 Å². The maximum absolute atomic E-state index is 11.6. The summed E-state index contributed by atoms with van der Waals surface area (Å²) in [5.41, 5.74) is 11.1. The largest absolute Gasteiger partial charge is 0.375 e. The van der Waals surface area contributed by atoms with Gasteiger partial charge in [0, 0.05) is 13.0 Å². The molecule has 1 rings (SSSR count). The molecular formula is C9H14N4O2S. The van der Waals surface area contributed by atoms with Crippen molar-refractivity contribution in [2.45, 2.75) is 19.8 Å². The number of hydrogen-bond acceptors (Lipinski definition) is 5. The molecule has 0 saturated carbocycles. The highest BCUT2D eigenvalue weighted by molar-refractivity contribution is 7.17. The third-order valence-electron chi connectivity index (χ3n) is 1.90. The van der Waals surface area contributed by atoms with Crippen LogP contribution in [0.3, 0.4) is 0 Å². The molecule has 5 N–H and O–H groups in total. The highest BCUT2D eigenvalue weighted by Gasteiger charge is 2.13. The van der Waals surface area contributed by atoms with Gasteiger partial charge in [0.1, 0.15) is 4.88 Å². The molecule has 1 heterocycles. The first-order valence-electron chi connectivity index (χ1n) is 4.80. The van der Waals surface area contributed by atoms with E-state index in [2.05, 4.69) is 10.3 Å². The molecule has 0 fully saturated rings. The first-order valence-corrected chi connectivity index (χ1v) is 5.61. The van der Waals surface area contributed by atoms with Crippen LogP contribution in [0.4, 0.5) is 5.13 Å². The number of nitrogens with zero attached hydrogens (tertiary/aromatic N) is 1. The first kappa shape index (κ1) is 12.4. The molecular weight excluding hydrogens is 228 g/mol. The fourth-order valence-corrected chi connectivity index (χ4v) is 1.92. The lowest BCUT2D eigenvalue weighted by Crippen LogP contribution is -2.25. The van der Waals surface area contributed by atoms with Crippen molar-refractivity contribution in [2.75, 3.05) is 12.3 Å². The molecule has 6 nitrogen and oxygen atoms in total. The van der Waals surface area contributed by atoms with Crippen LogP contribution in [0.5, 0.6) is 0 Å². The zero-order chi connectivity index (χ0) is 12.1. The molecule has 2 amide bonds. The SMILES string of the molecule is Cc1nc(N)sc1C(=O)NCCCC(N)=O. The lowest BCUT2D eigenvalue weighted by Gasteiger charge is -2.02. The topological polar surface area (TPSA) is 111 Å². The van der Waals surface area contributed by atoms with Crippen molar-refractivity contribution in [3.63, 3.8) is 0 Å². The number of nitrogen functional groups attached to an aromatic ring is 1. The molecule has 0 unspecified atom stereocenters. The molecule has 0 aliphatic carbocycles. The van der Waals surface area contributed by atoms with Crippen molar-refractivity contribution in [1.82, 2.24) is 10.3 Å². The van der Waals surface area contributed by atoms with E-state index in [-0.39, 0.29) is 18.2 Å². The predicted octanol–water partition coefficient (Wildman–Crippen LogP) is 0.0290. The Morgan fingerprint density at radius 2 is 2.19 bits per heavy atom. The van der Waals surface area contributed by atoms with Gasteiger partial charge in [-0.15, -0.1) is 0 Å². The van der Waals surface area contributed by atoms with Gasteiger partial charge in [-0.1, -0.05) is 11.3 Å². The van der Waals surface area contributed by atoms with E-state index in [9.17, 15) is 9.59 Å². The molecule has 0 atom stereocenters. The second-order valence-electron chi connectivity index (χ2n) is 3.29. The molecule has 0 radical (unpaired) electrons. The van der Waals surface area contributed by atoms with Crippen molar-refractivity contribution in [1.29, 1.82) is 0 Å². The second-order valence-corrected chi connectivity index (χ2v) is 4.32. The Kier molecular flexibility index (Phi) is 4.24. The zero-order valence-electron chi connectivity index (χ0n) is 8.95. The van der Waals surface area contributed by atoms with E-state index in [1.165, 1.54) is 0 Å². The van der Waals surface area contributed by atoms with E-state index in [0.717, 1.165) is 11.3 Å². The van der Waals surface area contributed by atoms with Gasteiger partial charge in [0.25, 0.3) is 5.91 Å². The number of carbonyl (C=O) groups excluding carboxylic acids is 2. The van der Waals surface area contributed by atoms with Crippen molar-refractivity contribution in [3.05, 3.63) is 10.6 Å². The molecule has 0 bridgehead atoms. The van der Waals surface area contributed by atoms with Gasteiger partial charge in [-0.3, -0.25) is 9.59 Å². The summed E-state index contributed by atoms with van der Waals surface area (Å²) in [4.78, 5) is 26.5. The average Bonchev–Trinajstić information content (AvgIpc) is 2.52. The van der Waals surface area contributed by atoms with E-state index >= 15 is 0 Å². The Hall–Kier alpha value is -1.63. The standard InChI is InChI=1S/C9H14N4O2S/c1-5-7(16-9(11)13-5)8(15)12-4-2-3-6(10)14/h2-4H2,1H3,(H2,10,14)(H2,11,13)(H,12,15). The van der Waals surface area contributed by atoms with Gasteiger partial charge in [0.2, 0.25) is 5.91 Å². The summed E-state index contributed by atoms with van der Waals surface area (Å²) >= 11 is 1.15. The first-order chi connectivity index (χ1) is 7.50. The molecule has 1 aromatic rings. The van der Waals surface area contributed by atoms with E-state index in [0.29, 0.717) is 28.7 Å². The van der Waals surface area contributed by atoms with E-state index in [1.54, 1.807) is 6.92 Å². The number of rotatable bonds is 5. The summed E-state index contributed by atoms with van der Waals surface area (Å²) in [7, 11) is 0. The summed E-state index contributed by atoms with van der Waals surface area (Å²) in [5, 5.41) is 3.05. The molecule has 1 aromatic heterocycles. The number of nitrogens with one attached hydrogen (secondary N) is 1. The minimum absolute atomic E-state index is 0.212. The molecule has 16 heavy (non-hydrogen) atoms. The number of thiazole rings is 1. The smallest absolute Gasteiger partial charge is 0.263 e. The number of primary amides is 1. The molecule has 7 heteroatoms. The van der Waals surface area contributed by atoms with Gasteiger partial charge in [0.05, 0.1) is 5.69 Å². The molecule has 0 spiro atoms. The second kappa shape index (κ2) is 5.45. The summed E-state index contributed by atoms with van der Waals surface area (Å²) in [5.74, 6) is -0.580. The number of amides is 2. The van der Waals surface area contributed by atoms with Gasteiger partial charge in [0.15, 0.2) is 5.13 Å². The molecule has 0 aliphatic heterocycles. The van der Waals surface area contributed by atoms with Crippen LogP contribution in [-0.2, 0) is 4.79 Å². The van der Waals surface area contributed by atoms with Gasteiger partial charge in [-0.05, 0) is 13.3 Å². The third-order valence-corrected chi connectivity index (χ3v) is 2.89. The predicted molar refractivity (Wildman–Crippen MR) is 62.0 cm³/mol. The Morgan fingerprint density at radius 1 is 1.50 bits per heavy atom. The number of nitrogens with two attached hydrogens (primary N) is 2. The van der Waals surface area contributed by atoms with E-state index < -0.39 is 0 Å². The molecule has 0 aliphatic rings. The Labute approximate surface area is 97.0 Å². The van der Waals surface area contributed by atoms with Gasteiger partial charge < -0.3 is 16.8 Å². The van der Waals surface area contributed by atoms with Crippen molar-refractivity contribution in [3.8, 4) is 0 Å². The number of anilines is 1. The normalized spacial score (nSPS) is 10.1. The summed E-state index contributed by atoms with van der Waals surface area (Å²) in [6.45, 7) is 2.14. The lowest BCUT2D eigenvalue weighted by molar-refractivity contribution is -0.118. The third kappa shape index (κ3) is 3.50. The number of hydrogen-bond donors (Lipinski definition) is 3. The van der Waals surface area contributed by atoms with Crippen molar-refractivity contribution < 1.29 is 9.59 Å². The molecule has 0 aromatic carbocycles.